The molecule has 1 rings (SSSR count). The van der Waals surface area contributed by atoms with Crippen LogP contribution in [0.2, 0.25) is 0 Å². The van der Waals surface area contributed by atoms with Gasteiger partial charge >= 0.3 is 18.0 Å². The molecule has 0 aliphatic heterocycles. The summed E-state index contributed by atoms with van der Waals surface area (Å²) in [5.41, 5.74) is 0. The summed E-state index contributed by atoms with van der Waals surface area (Å²) in [5.74, 6) is -2.02. The standard InChI is InChI=1S/C12H20N2O6/c1-14(4-5-20-7-8-2-3-8)12(19)13-9(11(17)18)6-10(15)16/h8-9H,2-7H2,1H3,(H,13,19)(H,15,16)(H,17,18). The fourth-order valence-electron chi connectivity index (χ4n) is 1.47. The second kappa shape index (κ2) is 7.68. The number of carboxylic acids is 2. The second-order valence-corrected chi connectivity index (χ2v) is 4.88. The van der Waals surface area contributed by atoms with Crippen LogP contribution in [0.15, 0.2) is 0 Å². The third-order valence-corrected chi connectivity index (χ3v) is 2.94. The third-order valence-electron chi connectivity index (χ3n) is 2.94. The Balaban J connectivity index is 2.26. The van der Waals surface area contributed by atoms with E-state index in [0.29, 0.717) is 25.7 Å². The van der Waals surface area contributed by atoms with Gasteiger partial charge in [0.05, 0.1) is 13.0 Å². The number of likely N-dealkylation sites (N-methyl/N-ethyl adjacent to an activating group) is 1. The van der Waals surface area contributed by atoms with Gasteiger partial charge in [-0.1, -0.05) is 0 Å². The lowest BCUT2D eigenvalue weighted by molar-refractivity contribution is -0.145. The lowest BCUT2D eigenvalue weighted by atomic mass is 10.2. The fraction of sp³-hybridized carbons (Fsp3) is 0.750. The maximum atomic E-state index is 11.7. The molecule has 8 heteroatoms. The van der Waals surface area contributed by atoms with Crippen LogP contribution in [0.3, 0.4) is 0 Å². The summed E-state index contributed by atoms with van der Waals surface area (Å²) in [6.07, 6.45) is 1.71. The first kappa shape index (κ1) is 16.2. The molecule has 0 bridgehead atoms. The van der Waals surface area contributed by atoms with Crippen LogP contribution < -0.4 is 5.32 Å². The molecule has 1 saturated carbocycles. The second-order valence-electron chi connectivity index (χ2n) is 4.88. The largest absolute Gasteiger partial charge is 0.481 e. The van der Waals surface area contributed by atoms with Crippen molar-refractivity contribution in [3.8, 4) is 0 Å². The first-order valence-corrected chi connectivity index (χ1v) is 6.44. The van der Waals surface area contributed by atoms with Crippen molar-refractivity contribution in [3.05, 3.63) is 0 Å². The molecule has 1 aliphatic carbocycles. The van der Waals surface area contributed by atoms with Crippen molar-refractivity contribution in [2.24, 2.45) is 5.92 Å². The van der Waals surface area contributed by atoms with E-state index in [9.17, 15) is 14.4 Å². The normalized spacial score (nSPS) is 15.4. The number of aliphatic carboxylic acids is 2. The molecular weight excluding hydrogens is 268 g/mol. The van der Waals surface area contributed by atoms with Gasteiger partial charge in [0.25, 0.3) is 0 Å². The summed E-state index contributed by atoms with van der Waals surface area (Å²) in [6, 6.07) is -2.07. The Morgan fingerprint density at radius 3 is 2.50 bits per heavy atom. The van der Waals surface area contributed by atoms with Crippen LogP contribution in [0, 0.1) is 5.92 Å². The van der Waals surface area contributed by atoms with E-state index in [4.69, 9.17) is 14.9 Å². The Kier molecular flexibility index (Phi) is 6.23. The van der Waals surface area contributed by atoms with Gasteiger partial charge in [0, 0.05) is 20.2 Å². The highest BCUT2D eigenvalue weighted by atomic mass is 16.5. The van der Waals surface area contributed by atoms with Crippen molar-refractivity contribution < 1.29 is 29.3 Å². The average molecular weight is 288 g/mol. The monoisotopic (exact) mass is 288 g/mol. The van der Waals surface area contributed by atoms with Crippen molar-refractivity contribution in [3.63, 3.8) is 0 Å². The summed E-state index contributed by atoms with van der Waals surface area (Å²) in [6.45, 7) is 1.38. The van der Waals surface area contributed by atoms with E-state index in [1.165, 1.54) is 24.8 Å². The van der Waals surface area contributed by atoms with Crippen LogP contribution in [-0.2, 0) is 14.3 Å². The molecule has 0 spiro atoms. The van der Waals surface area contributed by atoms with Crippen molar-refractivity contribution in [1.82, 2.24) is 10.2 Å². The molecule has 3 N–H and O–H groups in total. The molecule has 1 atom stereocenters. The Morgan fingerprint density at radius 1 is 1.35 bits per heavy atom. The van der Waals surface area contributed by atoms with E-state index in [1.807, 2.05) is 0 Å². The zero-order chi connectivity index (χ0) is 15.1. The number of nitrogens with one attached hydrogen (secondary N) is 1. The summed E-state index contributed by atoms with van der Waals surface area (Å²) in [5, 5.41) is 19.5. The van der Waals surface area contributed by atoms with E-state index >= 15 is 0 Å². The number of ether oxygens (including phenoxy) is 1. The number of carboxylic acid groups (broad SMARTS) is 2. The molecule has 0 aromatic heterocycles. The zero-order valence-corrected chi connectivity index (χ0v) is 11.4. The zero-order valence-electron chi connectivity index (χ0n) is 11.4. The minimum Gasteiger partial charge on any atom is -0.481 e. The first-order valence-electron chi connectivity index (χ1n) is 6.44. The lowest BCUT2D eigenvalue weighted by Gasteiger charge is -2.20. The molecule has 8 nitrogen and oxygen atoms in total. The van der Waals surface area contributed by atoms with Crippen LogP contribution in [-0.4, -0.2) is 65.9 Å². The van der Waals surface area contributed by atoms with E-state index in [-0.39, 0.29) is 0 Å². The Labute approximate surface area is 116 Å². The number of amides is 2. The van der Waals surface area contributed by atoms with Gasteiger partial charge in [0.2, 0.25) is 0 Å². The van der Waals surface area contributed by atoms with Crippen molar-refractivity contribution in [2.75, 3.05) is 26.8 Å². The lowest BCUT2D eigenvalue weighted by Crippen LogP contribution is -2.48. The number of rotatable bonds is 9. The summed E-state index contributed by atoms with van der Waals surface area (Å²) < 4.78 is 5.36. The number of hydrogen-bond donors (Lipinski definition) is 3. The van der Waals surface area contributed by atoms with Gasteiger partial charge in [-0.2, -0.15) is 0 Å². The van der Waals surface area contributed by atoms with Gasteiger partial charge in [0.1, 0.15) is 6.04 Å². The molecular formula is C12H20N2O6. The average Bonchev–Trinajstić information content (AvgIpc) is 3.16. The molecule has 0 aromatic carbocycles. The van der Waals surface area contributed by atoms with Gasteiger partial charge in [-0.05, 0) is 18.8 Å². The number of nitrogens with zero attached hydrogens (tertiary/aromatic N) is 1. The molecule has 0 saturated heterocycles. The summed E-state index contributed by atoms with van der Waals surface area (Å²) in [4.78, 5) is 34.3. The number of urea groups is 1. The summed E-state index contributed by atoms with van der Waals surface area (Å²) in [7, 11) is 1.50. The van der Waals surface area contributed by atoms with Crippen molar-refractivity contribution in [1.29, 1.82) is 0 Å². The Morgan fingerprint density at radius 2 is 2.00 bits per heavy atom. The molecule has 1 unspecified atom stereocenters. The van der Waals surface area contributed by atoms with Crippen LogP contribution >= 0.6 is 0 Å². The topological polar surface area (TPSA) is 116 Å². The maximum Gasteiger partial charge on any atom is 0.326 e. The predicted molar refractivity (Wildman–Crippen MR) is 68.4 cm³/mol. The molecule has 0 aromatic rings. The molecule has 0 radical (unpaired) electrons. The highest BCUT2D eigenvalue weighted by molar-refractivity contribution is 5.86. The van der Waals surface area contributed by atoms with Gasteiger partial charge in [-0.25, -0.2) is 9.59 Å². The number of carbonyl (C=O) groups excluding carboxylic acids is 1. The van der Waals surface area contributed by atoms with Gasteiger partial charge in [-0.3, -0.25) is 4.79 Å². The van der Waals surface area contributed by atoms with E-state index in [2.05, 4.69) is 5.32 Å². The Bertz CT molecular complexity index is 369. The highest BCUT2D eigenvalue weighted by Crippen LogP contribution is 2.28. The number of hydrogen-bond acceptors (Lipinski definition) is 4. The van der Waals surface area contributed by atoms with Gasteiger partial charge in [-0.15, -0.1) is 0 Å². The third kappa shape index (κ3) is 6.37. The van der Waals surface area contributed by atoms with Crippen LogP contribution in [0.25, 0.3) is 0 Å². The predicted octanol–water partition coefficient (Wildman–Crippen LogP) is -0.0177. The van der Waals surface area contributed by atoms with E-state index in [1.54, 1.807) is 0 Å². The number of carbonyl (C=O) groups is 3. The molecule has 1 aliphatic rings. The van der Waals surface area contributed by atoms with E-state index in [0.717, 1.165) is 0 Å². The quantitative estimate of drug-likeness (QED) is 0.513. The molecule has 114 valence electrons. The highest BCUT2D eigenvalue weighted by Gasteiger charge is 2.24. The maximum absolute atomic E-state index is 11.7. The van der Waals surface area contributed by atoms with Crippen LogP contribution in [0.4, 0.5) is 4.79 Å². The minimum absolute atomic E-state index is 0.317. The molecule has 2 amide bonds. The molecule has 1 fully saturated rings. The smallest absolute Gasteiger partial charge is 0.326 e. The minimum atomic E-state index is -1.44. The SMILES string of the molecule is CN(CCOCC1CC1)C(=O)NC(CC(=O)O)C(=O)O. The Hall–Kier alpha value is -1.83. The van der Waals surface area contributed by atoms with Crippen molar-refractivity contribution >= 4 is 18.0 Å². The fourth-order valence-corrected chi connectivity index (χ4v) is 1.47. The summed E-state index contributed by atoms with van der Waals surface area (Å²) >= 11 is 0. The van der Waals surface area contributed by atoms with E-state index < -0.39 is 30.4 Å². The molecule has 0 heterocycles. The van der Waals surface area contributed by atoms with Crippen LogP contribution in [0.5, 0.6) is 0 Å². The van der Waals surface area contributed by atoms with Crippen LogP contribution in [0.1, 0.15) is 19.3 Å². The molecule has 20 heavy (non-hydrogen) atoms. The first-order chi connectivity index (χ1) is 9.40. The van der Waals surface area contributed by atoms with Gasteiger partial charge < -0.3 is 25.2 Å². The van der Waals surface area contributed by atoms with Crippen molar-refractivity contribution in [2.45, 2.75) is 25.3 Å². The van der Waals surface area contributed by atoms with Gasteiger partial charge in [0.15, 0.2) is 0 Å².